The van der Waals surface area contributed by atoms with Gasteiger partial charge in [0.2, 0.25) is 5.78 Å². The predicted molar refractivity (Wildman–Crippen MR) is 109 cm³/mol. The third kappa shape index (κ3) is 5.06. The largest absolute Gasteiger partial charge is 0.344 e. The summed E-state index contributed by atoms with van der Waals surface area (Å²) in [6.45, 7) is 0.339. The van der Waals surface area contributed by atoms with Crippen molar-refractivity contribution in [3.05, 3.63) is 92.6 Å². The van der Waals surface area contributed by atoms with Crippen LogP contribution >= 0.6 is 22.9 Å². The van der Waals surface area contributed by atoms with Crippen LogP contribution in [0.4, 0.5) is 0 Å². The van der Waals surface area contributed by atoms with E-state index in [1.54, 1.807) is 48.5 Å². The highest BCUT2D eigenvalue weighted by atomic mass is 35.5. The highest BCUT2D eigenvalue weighted by Gasteiger charge is 2.15. The maximum atomic E-state index is 12.4. The van der Waals surface area contributed by atoms with E-state index in [1.165, 1.54) is 11.3 Å². The molecule has 0 atom stereocenters. The van der Waals surface area contributed by atoms with E-state index in [1.807, 2.05) is 18.2 Å². The van der Waals surface area contributed by atoms with Crippen LogP contribution < -0.4 is 10.6 Å². The number of hydrogen-bond acceptors (Lipinski definition) is 4. The molecule has 0 unspecified atom stereocenters. The minimum atomic E-state index is -0.739. The van der Waals surface area contributed by atoms with Gasteiger partial charge in [0.15, 0.2) is 0 Å². The van der Waals surface area contributed by atoms with E-state index in [4.69, 9.17) is 11.6 Å². The lowest BCUT2D eigenvalue weighted by Gasteiger charge is -2.07. The zero-order valence-corrected chi connectivity index (χ0v) is 16.3. The summed E-state index contributed by atoms with van der Waals surface area (Å²) >= 11 is 7.31. The summed E-state index contributed by atoms with van der Waals surface area (Å²) in [6, 6.07) is 19.6. The average Bonchev–Trinajstić information content (AvgIpc) is 3.20. The Balaban J connectivity index is 1.51. The lowest BCUT2D eigenvalue weighted by Crippen LogP contribution is -2.39. The highest BCUT2D eigenvalue weighted by Crippen LogP contribution is 2.20. The normalized spacial score (nSPS) is 10.3. The van der Waals surface area contributed by atoms with E-state index < -0.39 is 11.8 Å². The molecule has 0 bridgehead atoms. The summed E-state index contributed by atoms with van der Waals surface area (Å²) in [4.78, 5) is 37.7. The molecule has 0 spiro atoms. The molecule has 1 heterocycles. The van der Waals surface area contributed by atoms with E-state index in [-0.39, 0.29) is 18.9 Å². The van der Waals surface area contributed by atoms with Gasteiger partial charge in [-0.1, -0.05) is 60.1 Å². The van der Waals surface area contributed by atoms with Gasteiger partial charge in [0.05, 0.1) is 11.4 Å². The second-order valence-corrected chi connectivity index (χ2v) is 7.49. The summed E-state index contributed by atoms with van der Waals surface area (Å²) in [5.74, 6) is -1.55. The fourth-order valence-electron chi connectivity index (χ4n) is 2.47. The summed E-state index contributed by atoms with van der Waals surface area (Å²) in [7, 11) is 0. The molecule has 0 radical (unpaired) electrons. The maximum absolute atomic E-state index is 12.4. The van der Waals surface area contributed by atoms with Crippen LogP contribution in [-0.4, -0.2) is 17.6 Å². The maximum Gasteiger partial charge on any atom is 0.309 e. The fourth-order valence-corrected chi connectivity index (χ4v) is 3.58. The number of carbonyl (C=O) groups is 3. The van der Waals surface area contributed by atoms with Gasteiger partial charge in [-0.05, 0) is 23.8 Å². The van der Waals surface area contributed by atoms with Crippen molar-refractivity contribution in [1.82, 2.24) is 10.6 Å². The first kappa shape index (κ1) is 19.8. The van der Waals surface area contributed by atoms with Crippen molar-refractivity contribution in [1.29, 1.82) is 0 Å². The number of halogens is 1. The quantitative estimate of drug-likeness (QED) is 0.480. The molecule has 7 heteroatoms. The van der Waals surface area contributed by atoms with Gasteiger partial charge in [-0.2, -0.15) is 0 Å². The number of amides is 2. The van der Waals surface area contributed by atoms with Gasteiger partial charge in [-0.3, -0.25) is 14.4 Å². The average molecular weight is 413 g/mol. The van der Waals surface area contributed by atoms with Crippen molar-refractivity contribution >= 4 is 40.5 Å². The Hall–Kier alpha value is -2.96. The molecule has 0 aliphatic carbocycles. The van der Waals surface area contributed by atoms with Gasteiger partial charge in [-0.15, -0.1) is 11.3 Å². The molecule has 0 saturated heterocycles. The van der Waals surface area contributed by atoms with Crippen molar-refractivity contribution < 1.29 is 14.4 Å². The van der Waals surface area contributed by atoms with Crippen molar-refractivity contribution in [2.24, 2.45) is 0 Å². The van der Waals surface area contributed by atoms with Gasteiger partial charge in [-0.25, -0.2) is 0 Å². The number of hydrogen-bond donors (Lipinski definition) is 2. The first-order valence-corrected chi connectivity index (χ1v) is 9.72. The third-order valence-electron chi connectivity index (χ3n) is 3.95. The number of benzene rings is 2. The molecule has 2 N–H and O–H groups in total. The number of thiophene rings is 1. The highest BCUT2D eigenvalue weighted by molar-refractivity contribution is 7.14. The summed E-state index contributed by atoms with van der Waals surface area (Å²) in [6.07, 6.45) is 0. The van der Waals surface area contributed by atoms with Crippen LogP contribution in [0.3, 0.4) is 0 Å². The molecule has 0 fully saturated rings. The van der Waals surface area contributed by atoms with Crippen LogP contribution in [0.25, 0.3) is 0 Å². The molecule has 142 valence electrons. The molecule has 3 aromatic rings. The Morgan fingerprint density at radius 1 is 0.786 bits per heavy atom. The standard InChI is InChI=1S/C21H17ClN2O3S/c22-17-9-5-4-8-15(17)12-23-20(26)21(27)24-13-16-10-11-18(28-16)19(25)14-6-2-1-3-7-14/h1-11H,12-13H2,(H,23,26)(H,24,27). The molecular formula is C21H17ClN2O3S. The van der Waals surface area contributed by atoms with Crippen LogP contribution in [0.5, 0.6) is 0 Å². The Labute approximate surface area is 171 Å². The van der Waals surface area contributed by atoms with Gasteiger partial charge < -0.3 is 10.6 Å². The number of nitrogens with one attached hydrogen (secondary N) is 2. The van der Waals surface area contributed by atoms with Crippen molar-refractivity contribution in [2.75, 3.05) is 0 Å². The van der Waals surface area contributed by atoms with Crippen molar-refractivity contribution in [3.63, 3.8) is 0 Å². The van der Waals surface area contributed by atoms with Crippen LogP contribution in [0.1, 0.15) is 25.7 Å². The van der Waals surface area contributed by atoms with Crippen LogP contribution in [0, 0.1) is 0 Å². The molecule has 0 saturated carbocycles. The van der Waals surface area contributed by atoms with E-state index in [9.17, 15) is 14.4 Å². The summed E-state index contributed by atoms with van der Waals surface area (Å²) < 4.78 is 0. The van der Waals surface area contributed by atoms with E-state index in [0.29, 0.717) is 15.5 Å². The van der Waals surface area contributed by atoms with Crippen LogP contribution in [-0.2, 0) is 22.7 Å². The zero-order valence-electron chi connectivity index (χ0n) is 14.8. The van der Waals surface area contributed by atoms with Crippen LogP contribution in [0.15, 0.2) is 66.7 Å². The Morgan fingerprint density at radius 2 is 1.43 bits per heavy atom. The minimum Gasteiger partial charge on any atom is -0.344 e. The molecule has 5 nitrogen and oxygen atoms in total. The molecule has 3 rings (SSSR count). The first-order valence-electron chi connectivity index (χ1n) is 8.52. The Kier molecular flexibility index (Phi) is 6.57. The zero-order chi connectivity index (χ0) is 19.9. The topological polar surface area (TPSA) is 75.3 Å². The molecule has 0 aliphatic rings. The van der Waals surface area contributed by atoms with Crippen LogP contribution in [0.2, 0.25) is 5.02 Å². The van der Waals surface area contributed by atoms with Gasteiger partial charge in [0, 0.05) is 22.0 Å². The van der Waals surface area contributed by atoms with E-state index in [2.05, 4.69) is 10.6 Å². The fraction of sp³-hybridized carbons (Fsp3) is 0.0952. The van der Waals surface area contributed by atoms with Crippen molar-refractivity contribution in [2.45, 2.75) is 13.1 Å². The lowest BCUT2D eigenvalue weighted by molar-refractivity contribution is -0.139. The summed E-state index contributed by atoms with van der Waals surface area (Å²) in [5, 5.41) is 5.62. The second-order valence-electron chi connectivity index (χ2n) is 5.92. The van der Waals surface area contributed by atoms with E-state index in [0.717, 1.165) is 10.4 Å². The monoisotopic (exact) mass is 412 g/mol. The van der Waals surface area contributed by atoms with Gasteiger partial charge in [0.1, 0.15) is 0 Å². The second kappa shape index (κ2) is 9.30. The lowest BCUT2D eigenvalue weighted by atomic mass is 10.1. The number of carbonyl (C=O) groups excluding carboxylic acids is 3. The summed E-state index contributed by atoms with van der Waals surface area (Å²) in [5.41, 5.74) is 1.34. The first-order chi connectivity index (χ1) is 13.5. The molecular weight excluding hydrogens is 396 g/mol. The smallest absolute Gasteiger partial charge is 0.309 e. The SMILES string of the molecule is O=C(NCc1ccc(C(=O)c2ccccc2)s1)C(=O)NCc1ccccc1Cl. The molecule has 0 aliphatic heterocycles. The van der Waals surface area contributed by atoms with E-state index >= 15 is 0 Å². The number of ketones is 1. The Bertz CT molecular complexity index is 1000. The van der Waals surface area contributed by atoms with Crippen molar-refractivity contribution in [3.8, 4) is 0 Å². The molecule has 1 aromatic heterocycles. The third-order valence-corrected chi connectivity index (χ3v) is 5.40. The molecule has 2 aromatic carbocycles. The van der Waals surface area contributed by atoms with Gasteiger partial charge >= 0.3 is 11.8 Å². The molecule has 28 heavy (non-hydrogen) atoms. The minimum absolute atomic E-state index is 0.0688. The Morgan fingerprint density at radius 3 is 2.14 bits per heavy atom. The number of rotatable bonds is 6. The van der Waals surface area contributed by atoms with Gasteiger partial charge in [0.25, 0.3) is 0 Å². The molecule has 2 amide bonds. The predicted octanol–water partition coefficient (Wildman–Crippen LogP) is 3.57.